The third kappa shape index (κ3) is 1.62. The smallest absolute Gasteiger partial charge is 0.185 e. The van der Waals surface area contributed by atoms with Gasteiger partial charge in [-0.25, -0.2) is 4.98 Å². The molecule has 0 spiro atoms. The number of aryl methyl sites for hydroxylation is 1. The van der Waals surface area contributed by atoms with Gasteiger partial charge in [-0.2, -0.15) is 0 Å². The molecule has 0 fully saturated rings. The third-order valence-corrected chi connectivity index (χ3v) is 2.89. The van der Waals surface area contributed by atoms with Crippen molar-refractivity contribution < 1.29 is 4.79 Å². The molecule has 84 valence electrons. The second-order valence-corrected chi connectivity index (χ2v) is 5.10. The van der Waals surface area contributed by atoms with Gasteiger partial charge in [0.15, 0.2) is 12.1 Å². The van der Waals surface area contributed by atoms with Gasteiger partial charge < -0.3 is 4.57 Å². The molecule has 0 saturated heterocycles. The van der Waals surface area contributed by atoms with Crippen LogP contribution < -0.4 is 0 Å². The molecule has 0 aliphatic carbocycles. The van der Waals surface area contributed by atoms with Crippen LogP contribution in [0.25, 0.3) is 11.0 Å². The first-order valence-electron chi connectivity index (χ1n) is 5.35. The van der Waals surface area contributed by atoms with Crippen molar-refractivity contribution in [2.75, 3.05) is 0 Å². The minimum absolute atomic E-state index is 0.104. The van der Waals surface area contributed by atoms with Crippen LogP contribution >= 0.6 is 0 Å². The van der Waals surface area contributed by atoms with Crippen LogP contribution in [-0.2, 0) is 12.5 Å². The van der Waals surface area contributed by atoms with Crippen LogP contribution in [0, 0.1) is 0 Å². The number of carbonyl (C=O) groups is 1. The molecule has 0 aliphatic heterocycles. The van der Waals surface area contributed by atoms with E-state index in [0.29, 0.717) is 5.82 Å². The Labute approximate surface area is 95.1 Å². The molecule has 2 aromatic rings. The lowest BCUT2D eigenvalue weighted by molar-refractivity contribution is 0.111. The van der Waals surface area contributed by atoms with Crippen LogP contribution in [-0.4, -0.2) is 15.8 Å². The second-order valence-electron chi connectivity index (χ2n) is 5.10. The number of aldehydes is 1. The molecule has 1 aromatic carbocycles. The molecule has 3 nitrogen and oxygen atoms in total. The summed E-state index contributed by atoms with van der Waals surface area (Å²) in [5.41, 5.74) is 3.22. The first-order chi connectivity index (χ1) is 7.43. The summed E-state index contributed by atoms with van der Waals surface area (Å²) in [4.78, 5) is 15.1. The number of carbonyl (C=O) groups excluding carboxylic acids is 1. The summed E-state index contributed by atoms with van der Waals surface area (Å²) in [6, 6.07) is 6.18. The Morgan fingerprint density at radius 3 is 2.56 bits per heavy atom. The first kappa shape index (κ1) is 10.9. The quantitative estimate of drug-likeness (QED) is 0.687. The highest BCUT2D eigenvalue weighted by Gasteiger charge is 2.15. The highest BCUT2D eigenvalue weighted by molar-refractivity contribution is 5.83. The Kier molecular flexibility index (Phi) is 2.34. The van der Waals surface area contributed by atoms with Gasteiger partial charge in [0.2, 0.25) is 0 Å². The average molecular weight is 216 g/mol. The minimum Gasteiger partial charge on any atom is -0.325 e. The summed E-state index contributed by atoms with van der Waals surface area (Å²) in [5.74, 6) is 0.473. The zero-order valence-corrected chi connectivity index (χ0v) is 10.1. The molecule has 1 heterocycles. The van der Waals surface area contributed by atoms with Gasteiger partial charge >= 0.3 is 0 Å². The Morgan fingerprint density at radius 2 is 2.00 bits per heavy atom. The number of hydrogen-bond donors (Lipinski definition) is 0. The van der Waals surface area contributed by atoms with E-state index in [0.717, 1.165) is 17.3 Å². The predicted octanol–water partition coefficient (Wildman–Crippen LogP) is 2.68. The van der Waals surface area contributed by atoms with Gasteiger partial charge in [-0.15, -0.1) is 0 Å². The molecule has 0 unspecified atom stereocenters. The summed E-state index contributed by atoms with van der Waals surface area (Å²) in [7, 11) is 1.86. The highest BCUT2D eigenvalue weighted by atomic mass is 16.1. The number of hydrogen-bond acceptors (Lipinski definition) is 2. The molecule has 1 aromatic heterocycles. The minimum atomic E-state index is 0.104. The third-order valence-electron chi connectivity index (χ3n) is 2.89. The highest BCUT2D eigenvalue weighted by Crippen LogP contribution is 2.25. The van der Waals surface area contributed by atoms with Crippen molar-refractivity contribution in [2.24, 2.45) is 7.05 Å². The number of nitrogens with zero attached hydrogens (tertiary/aromatic N) is 2. The van der Waals surface area contributed by atoms with Crippen molar-refractivity contribution in [3.05, 3.63) is 29.6 Å². The Hall–Kier alpha value is -1.64. The normalized spacial score (nSPS) is 12.0. The van der Waals surface area contributed by atoms with Gasteiger partial charge in [0.25, 0.3) is 0 Å². The molecule has 0 bridgehead atoms. The fraction of sp³-hybridized carbons (Fsp3) is 0.385. The number of rotatable bonds is 1. The lowest BCUT2D eigenvalue weighted by atomic mass is 9.87. The Balaban J connectivity index is 2.68. The van der Waals surface area contributed by atoms with E-state index in [1.807, 2.05) is 17.7 Å². The van der Waals surface area contributed by atoms with Crippen LogP contribution in [0.5, 0.6) is 0 Å². The molecule has 3 heteroatoms. The molecule has 0 saturated carbocycles. The van der Waals surface area contributed by atoms with Crippen molar-refractivity contribution >= 4 is 17.3 Å². The zero-order chi connectivity index (χ0) is 11.9. The van der Waals surface area contributed by atoms with Crippen LogP contribution in [0.3, 0.4) is 0 Å². The largest absolute Gasteiger partial charge is 0.325 e. The maximum absolute atomic E-state index is 10.8. The fourth-order valence-corrected chi connectivity index (χ4v) is 1.79. The Bertz CT molecular complexity index is 547. The monoisotopic (exact) mass is 216 g/mol. The van der Waals surface area contributed by atoms with E-state index in [1.165, 1.54) is 5.56 Å². The molecule has 0 radical (unpaired) electrons. The molecule has 0 aliphatic rings. The van der Waals surface area contributed by atoms with E-state index in [2.05, 4.69) is 37.9 Å². The summed E-state index contributed by atoms with van der Waals surface area (Å²) in [5, 5.41) is 0. The fourth-order valence-electron chi connectivity index (χ4n) is 1.79. The number of benzene rings is 1. The van der Waals surface area contributed by atoms with Gasteiger partial charge in [0, 0.05) is 7.05 Å². The molecular formula is C13H16N2O. The van der Waals surface area contributed by atoms with E-state index in [-0.39, 0.29) is 5.41 Å². The standard InChI is InChI=1S/C13H16N2O/c1-13(2,3)9-5-6-11-10(7-9)14-12(8-16)15(11)4/h5-8H,1-4H3. The summed E-state index contributed by atoms with van der Waals surface area (Å²) >= 11 is 0. The number of aromatic nitrogens is 2. The van der Waals surface area contributed by atoms with Gasteiger partial charge in [0.1, 0.15) is 0 Å². The van der Waals surface area contributed by atoms with Crippen LogP contribution in [0.4, 0.5) is 0 Å². The van der Waals surface area contributed by atoms with E-state index < -0.39 is 0 Å². The lowest BCUT2D eigenvalue weighted by Gasteiger charge is -2.18. The van der Waals surface area contributed by atoms with E-state index >= 15 is 0 Å². The maximum atomic E-state index is 10.8. The molecule has 16 heavy (non-hydrogen) atoms. The van der Waals surface area contributed by atoms with E-state index in [9.17, 15) is 4.79 Å². The van der Waals surface area contributed by atoms with Crippen molar-refractivity contribution in [3.8, 4) is 0 Å². The Morgan fingerprint density at radius 1 is 1.31 bits per heavy atom. The van der Waals surface area contributed by atoms with Gasteiger partial charge in [-0.3, -0.25) is 4.79 Å². The van der Waals surface area contributed by atoms with Gasteiger partial charge in [-0.1, -0.05) is 26.8 Å². The molecule has 0 atom stereocenters. The van der Waals surface area contributed by atoms with Gasteiger partial charge in [0.05, 0.1) is 11.0 Å². The molecule has 0 N–H and O–H groups in total. The summed E-state index contributed by atoms with van der Waals surface area (Å²) in [6.45, 7) is 6.49. The number of imidazole rings is 1. The van der Waals surface area contributed by atoms with Crippen LogP contribution in [0.1, 0.15) is 37.0 Å². The molecule has 2 rings (SSSR count). The van der Waals surface area contributed by atoms with Crippen LogP contribution in [0.2, 0.25) is 0 Å². The second kappa shape index (κ2) is 3.44. The maximum Gasteiger partial charge on any atom is 0.185 e. The number of fused-ring (bicyclic) bond motifs is 1. The van der Waals surface area contributed by atoms with Crippen molar-refractivity contribution in [1.82, 2.24) is 9.55 Å². The molecule has 0 amide bonds. The SMILES string of the molecule is Cn1c(C=O)nc2cc(C(C)(C)C)ccc21. The summed E-state index contributed by atoms with van der Waals surface area (Å²) in [6.07, 6.45) is 0.788. The van der Waals surface area contributed by atoms with Crippen molar-refractivity contribution in [3.63, 3.8) is 0 Å². The predicted molar refractivity (Wildman–Crippen MR) is 64.8 cm³/mol. The average Bonchev–Trinajstić information content (AvgIpc) is 2.54. The van der Waals surface area contributed by atoms with E-state index in [1.54, 1.807) is 0 Å². The zero-order valence-electron chi connectivity index (χ0n) is 10.1. The lowest BCUT2D eigenvalue weighted by Crippen LogP contribution is -2.10. The summed E-state index contributed by atoms with van der Waals surface area (Å²) < 4.78 is 1.81. The van der Waals surface area contributed by atoms with E-state index in [4.69, 9.17) is 0 Å². The van der Waals surface area contributed by atoms with Crippen molar-refractivity contribution in [2.45, 2.75) is 26.2 Å². The molecular weight excluding hydrogens is 200 g/mol. The topological polar surface area (TPSA) is 34.9 Å². The van der Waals surface area contributed by atoms with Gasteiger partial charge in [-0.05, 0) is 23.1 Å². The first-order valence-corrected chi connectivity index (χ1v) is 5.35. The van der Waals surface area contributed by atoms with Crippen LogP contribution in [0.15, 0.2) is 18.2 Å². The van der Waals surface area contributed by atoms with Crippen molar-refractivity contribution in [1.29, 1.82) is 0 Å².